The van der Waals surface area contributed by atoms with Crippen molar-refractivity contribution in [1.29, 1.82) is 0 Å². The van der Waals surface area contributed by atoms with Crippen LogP contribution < -0.4 is 14.4 Å². The highest BCUT2D eigenvalue weighted by Crippen LogP contribution is 2.23. The highest BCUT2D eigenvalue weighted by Gasteiger charge is 2.19. The average molecular weight is 489 g/mol. The minimum Gasteiger partial charge on any atom is -0.492 e. The first-order valence-corrected chi connectivity index (χ1v) is 13.2. The van der Waals surface area contributed by atoms with Gasteiger partial charge in [0.05, 0.1) is 25.0 Å². The van der Waals surface area contributed by atoms with Crippen LogP contribution in [-0.4, -0.2) is 33.7 Å². The van der Waals surface area contributed by atoms with Gasteiger partial charge in [0.2, 0.25) is 10.0 Å². The molecule has 0 aliphatic heterocycles. The molecule has 0 saturated heterocycles. The summed E-state index contributed by atoms with van der Waals surface area (Å²) in [6.07, 6.45) is 1.18. The first-order chi connectivity index (χ1) is 16.8. The maximum atomic E-state index is 12.5. The molecule has 4 aromatic carbocycles. The molecule has 0 aliphatic rings. The molecule has 6 nitrogen and oxygen atoms in total. The third-order valence-electron chi connectivity index (χ3n) is 5.77. The fourth-order valence-corrected chi connectivity index (χ4v) is 4.69. The second kappa shape index (κ2) is 10.6. The Labute approximate surface area is 206 Å². The standard InChI is InChI=1S/C28H28N2O4S/c1-21-7-3-4-10-25(21)20-30(35(2,32)33)26-14-11-23(12-15-26)28(31)29-17-18-34-27-16-13-22-8-5-6-9-24(22)19-27/h3-16,19H,17-18,20H2,1-2H3,(H,29,31). The van der Waals surface area contributed by atoms with Gasteiger partial charge in [-0.25, -0.2) is 8.42 Å². The quantitative estimate of drug-likeness (QED) is 0.339. The molecule has 0 aliphatic carbocycles. The number of aryl methyl sites for hydroxylation is 1. The Kier molecular flexibility index (Phi) is 7.36. The van der Waals surface area contributed by atoms with Crippen molar-refractivity contribution < 1.29 is 17.9 Å². The second-order valence-corrected chi connectivity index (χ2v) is 10.3. The van der Waals surface area contributed by atoms with Gasteiger partial charge in [-0.1, -0.05) is 54.6 Å². The molecule has 0 saturated carbocycles. The molecule has 4 aromatic rings. The number of benzene rings is 4. The Balaban J connectivity index is 1.35. The number of nitrogens with one attached hydrogen (secondary N) is 1. The molecule has 1 N–H and O–H groups in total. The summed E-state index contributed by atoms with van der Waals surface area (Å²) in [6, 6.07) is 28.2. The van der Waals surface area contributed by atoms with Crippen molar-refractivity contribution in [2.75, 3.05) is 23.7 Å². The van der Waals surface area contributed by atoms with Crippen LogP contribution in [0, 0.1) is 6.92 Å². The number of ether oxygens (including phenoxy) is 1. The number of amides is 1. The zero-order valence-corrected chi connectivity index (χ0v) is 20.6. The number of nitrogens with zero attached hydrogens (tertiary/aromatic N) is 1. The van der Waals surface area contributed by atoms with E-state index in [0.717, 1.165) is 27.6 Å². The number of carbonyl (C=O) groups is 1. The third-order valence-corrected chi connectivity index (χ3v) is 6.91. The summed E-state index contributed by atoms with van der Waals surface area (Å²) in [5, 5.41) is 5.08. The molecule has 0 atom stereocenters. The number of anilines is 1. The number of rotatable bonds is 9. The molecule has 4 rings (SSSR count). The van der Waals surface area contributed by atoms with Crippen molar-refractivity contribution in [2.45, 2.75) is 13.5 Å². The number of hydrogen-bond donors (Lipinski definition) is 1. The Hall–Kier alpha value is -3.84. The first-order valence-electron chi connectivity index (χ1n) is 11.3. The topological polar surface area (TPSA) is 75.7 Å². The van der Waals surface area contributed by atoms with Crippen LogP contribution >= 0.6 is 0 Å². The number of hydrogen-bond acceptors (Lipinski definition) is 4. The molecular formula is C28H28N2O4S. The second-order valence-electron chi connectivity index (χ2n) is 8.36. The molecule has 0 radical (unpaired) electrons. The molecule has 1 amide bonds. The molecule has 180 valence electrons. The predicted molar refractivity (Wildman–Crippen MR) is 140 cm³/mol. The lowest BCUT2D eigenvalue weighted by molar-refractivity contribution is 0.0947. The Morgan fingerprint density at radius 3 is 2.29 bits per heavy atom. The number of carbonyl (C=O) groups excluding carboxylic acids is 1. The maximum Gasteiger partial charge on any atom is 0.251 e. The minimum atomic E-state index is -3.51. The lowest BCUT2D eigenvalue weighted by Gasteiger charge is -2.23. The van der Waals surface area contributed by atoms with E-state index in [4.69, 9.17) is 4.74 Å². The molecule has 0 aromatic heterocycles. The molecule has 0 spiro atoms. The van der Waals surface area contributed by atoms with Gasteiger partial charge >= 0.3 is 0 Å². The zero-order valence-electron chi connectivity index (χ0n) is 19.8. The Morgan fingerprint density at radius 1 is 0.886 bits per heavy atom. The predicted octanol–water partition coefficient (Wildman–Crippen LogP) is 4.92. The van der Waals surface area contributed by atoms with Crippen molar-refractivity contribution in [3.63, 3.8) is 0 Å². The van der Waals surface area contributed by atoms with Crippen LogP contribution in [-0.2, 0) is 16.6 Å². The van der Waals surface area contributed by atoms with E-state index in [2.05, 4.69) is 5.32 Å². The van der Waals surface area contributed by atoms with E-state index < -0.39 is 10.0 Å². The normalized spacial score (nSPS) is 11.3. The van der Waals surface area contributed by atoms with Crippen LogP contribution in [0.4, 0.5) is 5.69 Å². The van der Waals surface area contributed by atoms with Crippen LogP contribution in [0.15, 0.2) is 91.0 Å². The van der Waals surface area contributed by atoms with Crippen molar-refractivity contribution in [3.8, 4) is 5.75 Å². The van der Waals surface area contributed by atoms with E-state index in [0.29, 0.717) is 24.4 Å². The Morgan fingerprint density at radius 2 is 1.57 bits per heavy atom. The van der Waals surface area contributed by atoms with Gasteiger partial charge in [0.25, 0.3) is 5.91 Å². The van der Waals surface area contributed by atoms with Gasteiger partial charge < -0.3 is 10.1 Å². The van der Waals surface area contributed by atoms with Gasteiger partial charge in [0, 0.05) is 5.56 Å². The van der Waals surface area contributed by atoms with E-state index >= 15 is 0 Å². The number of sulfonamides is 1. The first kappa shape index (κ1) is 24.3. The van der Waals surface area contributed by atoms with Crippen molar-refractivity contribution in [2.24, 2.45) is 0 Å². The number of fused-ring (bicyclic) bond motifs is 1. The summed E-state index contributed by atoms with van der Waals surface area (Å²) < 4.78 is 32.0. The van der Waals surface area contributed by atoms with E-state index in [1.165, 1.54) is 10.6 Å². The van der Waals surface area contributed by atoms with Crippen LogP contribution in [0.5, 0.6) is 5.75 Å². The van der Waals surface area contributed by atoms with Gasteiger partial charge in [-0.2, -0.15) is 0 Å². The van der Waals surface area contributed by atoms with E-state index in [1.807, 2.05) is 73.7 Å². The summed E-state index contributed by atoms with van der Waals surface area (Å²) in [7, 11) is -3.51. The van der Waals surface area contributed by atoms with E-state index in [9.17, 15) is 13.2 Å². The molecule has 0 unspecified atom stereocenters. The lowest BCUT2D eigenvalue weighted by Crippen LogP contribution is -2.30. The highest BCUT2D eigenvalue weighted by molar-refractivity contribution is 7.92. The third kappa shape index (κ3) is 6.19. The lowest BCUT2D eigenvalue weighted by atomic mass is 10.1. The average Bonchev–Trinajstić information content (AvgIpc) is 2.85. The van der Waals surface area contributed by atoms with Gasteiger partial charge in [-0.05, 0) is 65.2 Å². The smallest absolute Gasteiger partial charge is 0.251 e. The molecule has 0 bridgehead atoms. The fourth-order valence-electron chi connectivity index (χ4n) is 3.81. The molecule has 35 heavy (non-hydrogen) atoms. The van der Waals surface area contributed by atoms with Crippen LogP contribution in [0.3, 0.4) is 0 Å². The van der Waals surface area contributed by atoms with Crippen molar-refractivity contribution >= 4 is 32.4 Å². The fraction of sp³-hybridized carbons (Fsp3) is 0.179. The molecule has 0 heterocycles. The summed E-state index contributed by atoms with van der Waals surface area (Å²) in [4.78, 5) is 12.5. The molecular weight excluding hydrogens is 460 g/mol. The van der Waals surface area contributed by atoms with E-state index in [-0.39, 0.29) is 12.5 Å². The highest BCUT2D eigenvalue weighted by atomic mass is 32.2. The van der Waals surface area contributed by atoms with Crippen LogP contribution in [0.2, 0.25) is 0 Å². The van der Waals surface area contributed by atoms with Gasteiger partial charge in [0.15, 0.2) is 0 Å². The molecule has 7 heteroatoms. The molecule has 0 fully saturated rings. The summed E-state index contributed by atoms with van der Waals surface area (Å²) in [5.74, 6) is 0.500. The minimum absolute atomic E-state index is 0.225. The summed E-state index contributed by atoms with van der Waals surface area (Å²) >= 11 is 0. The van der Waals surface area contributed by atoms with Crippen molar-refractivity contribution in [3.05, 3.63) is 108 Å². The maximum absolute atomic E-state index is 12.5. The largest absolute Gasteiger partial charge is 0.492 e. The summed E-state index contributed by atoms with van der Waals surface area (Å²) in [5.41, 5.74) is 2.89. The monoisotopic (exact) mass is 488 g/mol. The SMILES string of the molecule is Cc1ccccc1CN(c1ccc(C(=O)NCCOc2ccc3ccccc3c2)cc1)S(C)(=O)=O. The van der Waals surface area contributed by atoms with Gasteiger partial charge in [0.1, 0.15) is 12.4 Å². The van der Waals surface area contributed by atoms with Gasteiger partial charge in [-0.3, -0.25) is 9.10 Å². The van der Waals surface area contributed by atoms with Crippen LogP contribution in [0.1, 0.15) is 21.5 Å². The van der Waals surface area contributed by atoms with Crippen molar-refractivity contribution in [1.82, 2.24) is 5.32 Å². The van der Waals surface area contributed by atoms with Gasteiger partial charge in [-0.15, -0.1) is 0 Å². The summed E-state index contributed by atoms with van der Waals surface area (Å²) in [6.45, 7) is 2.85. The van der Waals surface area contributed by atoms with Crippen LogP contribution in [0.25, 0.3) is 10.8 Å². The van der Waals surface area contributed by atoms with E-state index in [1.54, 1.807) is 24.3 Å². The Bertz CT molecular complexity index is 1430. The zero-order chi connectivity index (χ0) is 24.8.